The zero-order valence-corrected chi connectivity index (χ0v) is 13.2. The van der Waals surface area contributed by atoms with Crippen LogP contribution in [-0.2, 0) is 22.5 Å². The summed E-state index contributed by atoms with van der Waals surface area (Å²) in [5.41, 5.74) is 5.68. The third-order valence-corrected chi connectivity index (χ3v) is 3.93. The van der Waals surface area contributed by atoms with Gasteiger partial charge < -0.3 is 10.2 Å². The first kappa shape index (κ1) is 15.3. The Morgan fingerprint density at radius 1 is 1.17 bits per heavy atom. The molecule has 3 rings (SSSR count). The summed E-state index contributed by atoms with van der Waals surface area (Å²) >= 11 is 0. The molecule has 1 aliphatic rings. The summed E-state index contributed by atoms with van der Waals surface area (Å²) in [5.74, 6) is -0.205. The molecule has 0 heterocycles. The van der Waals surface area contributed by atoms with Crippen molar-refractivity contribution in [3.8, 4) is 0 Å². The lowest BCUT2D eigenvalue weighted by Crippen LogP contribution is -2.17. The van der Waals surface area contributed by atoms with Gasteiger partial charge in [0.15, 0.2) is 6.61 Å². The third kappa shape index (κ3) is 4.19. The van der Waals surface area contributed by atoms with Gasteiger partial charge in [-0.25, -0.2) is 0 Å². The fraction of sp³-hybridized carbons (Fsp3) is 0.263. The standard InChI is InChI=1S/C19H20N2O2/c1-14-5-7-15(8-6-14)12-20-23-13-19(22)21-18-10-9-16-3-2-4-17(16)11-18/h5-12H,2-4,13H2,1H3,(H,21,22)/b20-12-. The molecule has 4 heteroatoms. The summed E-state index contributed by atoms with van der Waals surface area (Å²) in [6.45, 7) is 1.93. The number of benzene rings is 2. The molecule has 0 spiro atoms. The van der Waals surface area contributed by atoms with Crippen molar-refractivity contribution in [1.29, 1.82) is 0 Å². The first-order chi connectivity index (χ1) is 11.2. The molecular formula is C19H20N2O2. The van der Waals surface area contributed by atoms with Gasteiger partial charge in [0, 0.05) is 5.69 Å². The Kier molecular flexibility index (Phi) is 4.71. The minimum atomic E-state index is -0.205. The number of nitrogens with zero attached hydrogens (tertiary/aromatic N) is 1. The predicted octanol–water partition coefficient (Wildman–Crippen LogP) is 3.47. The van der Waals surface area contributed by atoms with Crippen molar-refractivity contribution >= 4 is 17.8 Å². The normalized spacial score (nSPS) is 13.1. The highest BCUT2D eigenvalue weighted by Gasteiger charge is 2.11. The molecule has 1 aliphatic carbocycles. The maximum atomic E-state index is 11.9. The van der Waals surface area contributed by atoms with Crippen LogP contribution in [0.2, 0.25) is 0 Å². The molecule has 4 nitrogen and oxygen atoms in total. The topological polar surface area (TPSA) is 50.7 Å². The maximum Gasteiger partial charge on any atom is 0.265 e. The minimum Gasteiger partial charge on any atom is -0.386 e. The van der Waals surface area contributed by atoms with Gasteiger partial charge in [-0.3, -0.25) is 4.79 Å². The molecule has 23 heavy (non-hydrogen) atoms. The lowest BCUT2D eigenvalue weighted by molar-refractivity contribution is -0.120. The van der Waals surface area contributed by atoms with Crippen LogP contribution in [0.4, 0.5) is 5.69 Å². The van der Waals surface area contributed by atoms with E-state index < -0.39 is 0 Å². The average molecular weight is 308 g/mol. The van der Waals surface area contributed by atoms with E-state index in [0.717, 1.165) is 24.1 Å². The molecule has 0 bridgehead atoms. The molecule has 0 unspecified atom stereocenters. The Bertz CT molecular complexity index is 721. The number of nitrogens with one attached hydrogen (secondary N) is 1. The van der Waals surface area contributed by atoms with E-state index >= 15 is 0 Å². The van der Waals surface area contributed by atoms with Crippen molar-refractivity contribution in [3.05, 3.63) is 64.7 Å². The molecule has 0 aromatic heterocycles. The molecule has 0 atom stereocenters. The second-order valence-corrected chi connectivity index (χ2v) is 5.80. The number of carbonyl (C=O) groups is 1. The molecule has 1 N–H and O–H groups in total. The Morgan fingerprint density at radius 2 is 1.96 bits per heavy atom. The number of amides is 1. The van der Waals surface area contributed by atoms with Gasteiger partial charge in [-0.15, -0.1) is 0 Å². The fourth-order valence-corrected chi connectivity index (χ4v) is 2.69. The van der Waals surface area contributed by atoms with E-state index in [9.17, 15) is 4.79 Å². The van der Waals surface area contributed by atoms with Gasteiger partial charge in [0.1, 0.15) is 0 Å². The summed E-state index contributed by atoms with van der Waals surface area (Å²) < 4.78 is 0. The van der Waals surface area contributed by atoms with Gasteiger partial charge in [0.2, 0.25) is 0 Å². The van der Waals surface area contributed by atoms with Crippen molar-refractivity contribution in [2.75, 3.05) is 11.9 Å². The number of carbonyl (C=O) groups excluding carboxylic acids is 1. The molecule has 1 amide bonds. The second-order valence-electron chi connectivity index (χ2n) is 5.80. The first-order valence-electron chi connectivity index (χ1n) is 7.84. The van der Waals surface area contributed by atoms with Gasteiger partial charge in [0.25, 0.3) is 5.91 Å². The Balaban J connectivity index is 1.47. The van der Waals surface area contributed by atoms with Crippen LogP contribution in [0.15, 0.2) is 47.6 Å². The molecule has 0 saturated carbocycles. The number of hydrogen-bond acceptors (Lipinski definition) is 3. The highest BCUT2D eigenvalue weighted by Crippen LogP contribution is 2.24. The Hall–Kier alpha value is -2.62. The van der Waals surface area contributed by atoms with Crippen molar-refractivity contribution in [1.82, 2.24) is 0 Å². The molecule has 2 aromatic carbocycles. The highest BCUT2D eigenvalue weighted by atomic mass is 16.6. The van der Waals surface area contributed by atoms with Gasteiger partial charge in [-0.1, -0.05) is 41.1 Å². The van der Waals surface area contributed by atoms with Crippen LogP contribution in [0.25, 0.3) is 0 Å². The van der Waals surface area contributed by atoms with Gasteiger partial charge in [-0.05, 0) is 55.0 Å². The summed E-state index contributed by atoms with van der Waals surface area (Å²) in [7, 11) is 0. The van der Waals surface area contributed by atoms with Gasteiger partial charge in [-0.2, -0.15) is 0 Å². The number of fused-ring (bicyclic) bond motifs is 1. The molecule has 0 aliphatic heterocycles. The minimum absolute atomic E-state index is 0.0978. The third-order valence-electron chi connectivity index (χ3n) is 3.93. The number of anilines is 1. The van der Waals surface area contributed by atoms with Gasteiger partial charge >= 0.3 is 0 Å². The Labute approximate surface area is 136 Å². The zero-order valence-electron chi connectivity index (χ0n) is 13.2. The molecule has 0 saturated heterocycles. The largest absolute Gasteiger partial charge is 0.386 e. The highest BCUT2D eigenvalue weighted by molar-refractivity contribution is 5.91. The monoisotopic (exact) mass is 308 g/mol. The van der Waals surface area contributed by atoms with E-state index in [1.165, 1.54) is 23.1 Å². The van der Waals surface area contributed by atoms with Crippen LogP contribution in [0.5, 0.6) is 0 Å². The van der Waals surface area contributed by atoms with Crippen molar-refractivity contribution < 1.29 is 9.63 Å². The SMILES string of the molecule is Cc1ccc(/C=N\OCC(=O)Nc2ccc3c(c2)CCC3)cc1. The number of rotatable bonds is 5. The molecule has 2 aromatic rings. The number of oxime groups is 1. The summed E-state index contributed by atoms with van der Waals surface area (Å²) in [5, 5.41) is 6.66. The molecular weight excluding hydrogens is 288 g/mol. The van der Waals surface area contributed by atoms with Crippen molar-refractivity contribution in [2.45, 2.75) is 26.2 Å². The van der Waals surface area contributed by atoms with E-state index in [2.05, 4.69) is 22.6 Å². The number of hydrogen-bond donors (Lipinski definition) is 1. The van der Waals surface area contributed by atoms with E-state index in [-0.39, 0.29) is 12.5 Å². The van der Waals surface area contributed by atoms with Crippen molar-refractivity contribution in [3.63, 3.8) is 0 Å². The smallest absolute Gasteiger partial charge is 0.265 e. The van der Waals surface area contributed by atoms with Crippen LogP contribution in [0.1, 0.15) is 28.7 Å². The lowest BCUT2D eigenvalue weighted by atomic mass is 10.1. The first-order valence-corrected chi connectivity index (χ1v) is 7.84. The predicted molar refractivity (Wildman–Crippen MR) is 91.8 cm³/mol. The van der Waals surface area contributed by atoms with Crippen LogP contribution >= 0.6 is 0 Å². The average Bonchev–Trinajstić information content (AvgIpc) is 3.01. The molecule has 118 valence electrons. The fourth-order valence-electron chi connectivity index (χ4n) is 2.69. The van der Waals surface area contributed by atoms with Crippen molar-refractivity contribution in [2.24, 2.45) is 5.16 Å². The van der Waals surface area contributed by atoms with Crippen LogP contribution in [0.3, 0.4) is 0 Å². The van der Waals surface area contributed by atoms with E-state index in [4.69, 9.17) is 4.84 Å². The quantitative estimate of drug-likeness (QED) is 0.679. The van der Waals surface area contributed by atoms with E-state index in [0.29, 0.717) is 0 Å². The molecule has 0 radical (unpaired) electrons. The van der Waals surface area contributed by atoms with Crippen LogP contribution < -0.4 is 5.32 Å². The van der Waals surface area contributed by atoms with Gasteiger partial charge in [0.05, 0.1) is 6.21 Å². The summed E-state index contributed by atoms with van der Waals surface area (Å²) in [4.78, 5) is 16.9. The number of aryl methyl sites for hydroxylation is 3. The summed E-state index contributed by atoms with van der Waals surface area (Å²) in [6.07, 6.45) is 5.03. The second kappa shape index (κ2) is 7.09. The van der Waals surface area contributed by atoms with Crippen LogP contribution in [-0.4, -0.2) is 18.7 Å². The molecule has 0 fully saturated rings. The van der Waals surface area contributed by atoms with E-state index in [1.807, 2.05) is 37.3 Å². The Morgan fingerprint density at radius 3 is 2.78 bits per heavy atom. The lowest BCUT2D eigenvalue weighted by Gasteiger charge is -2.06. The van der Waals surface area contributed by atoms with E-state index in [1.54, 1.807) is 6.21 Å². The maximum absolute atomic E-state index is 11.9. The van der Waals surface area contributed by atoms with Crippen LogP contribution in [0, 0.1) is 6.92 Å². The zero-order chi connectivity index (χ0) is 16.1. The summed E-state index contributed by atoms with van der Waals surface area (Å²) in [6, 6.07) is 14.0.